The molecule has 1 fully saturated rings. The molecule has 1 N–H and O–H groups in total. The fraction of sp³-hybridized carbons (Fsp3) is 0.818. The molecule has 0 amide bonds. The van der Waals surface area contributed by atoms with E-state index in [-0.39, 0.29) is 6.61 Å². The van der Waals surface area contributed by atoms with Crippen LogP contribution in [0.15, 0.2) is 12.2 Å². The van der Waals surface area contributed by atoms with Crippen molar-refractivity contribution in [3.05, 3.63) is 12.2 Å². The first-order valence-corrected chi connectivity index (χ1v) is 5.24. The molecule has 76 valence electrons. The first-order valence-electron chi connectivity index (χ1n) is 5.24. The Morgan fingerprint density at radius 1 is 1.46 bits per heavy atom. The van der Waals surface area contributed by atoms with E-state index in [0.717, 1.165) is 12.3 Å². The highest BCUT2D eigenvalue weighted by atomic mass is 16.2. The summed E-state index contributed by atoms with van der Waals surface area (Å²) < 4.78 is 0. The Hall–Kier alpha value is -0.340. The molecule has 0 aromatic rings. The fourth-order valence-electron chi connectivity index (χ4n) is 1.89. The van der Waals surface area contributed by atoms with Crippen LogP contribution in [-0.4, -0.2) is 35.7 Å². The van der Waals surface area contributed by atoms with E-state index in [2.05, 4.69) is 24.8 Å². The third-order valence-corrected chi connectivity index (χ3v) is 2.79. The molecular weight excluding hydrogens is 162 g/mol. The molecule has 1 heterocycles. The number of nitrogens with zero attached hydrogens (tertiary/aromatic N) is 1. The Labute approximate surface area is 81.2 Å². The third kappa shape index (κ3) is 3.49. The van der Waals surface area contributed by atoms with Gasteiger partial charge in [0.1, 0.15) is 0 Å². The van der Waals surface area contributed by atoms with E-state index >= 15 is 0 Å². The van der Waals surface area contributed by atoms with Gasteiger partial charge in [0.15, 0.2) is 0 Å². The van der Waals surface area contributed by atoms with Crippen LogP contribution in [0, 0.1) is 5.92 Å². The SMILES string of the molecule is CC(C)N1CCC(C/C=C\CO)C1. The lowest BCUT2D eigenvalue weighted by Gasteiger charge is -2.19. The third-order valence-electron chi connectivity index (χ3n) is 2.79. The maximum absolute atomic E-state index is 8.58. The lowest BCUT2D eigenvalue weighted by Crippen LogP contribution is -2.28. The smallest absolute Gasteiger partial charge is 0.0612 e. The van der Waals surface area contributed by atoms with Gasteiger partial charge in [-0.05, 0) is 39.2 Å². The zero-order chi connectivity index (χ0) is 9.68. The van der Waals surface area contributed by atoms with Crippen molar-refractivity contribution < 1.29 is 5.11 Å². The minimum absolute atomic E-state index is 0.181. The van der Waals surface area contributed by atoms with E-state index < -0.39 is 0 Å². The average Bonchev–Trinajstić information content (AvgIpc) is 2.53. The monoisotopic (exact) mass is 183 g/mol. The number of hydrogen-bond acceptors (Lipinski definition) is 2. The molecule has 2 nitrogen and oxygen atoms in total. The summed E-state index contributed by atoms with van der Waals surface area (Å²) in [6.45, 7) is 7.17. The quantitative estimate of drug-likeness (QED) is 0.670. The molecule has 0 saturated carbocycles. The molecule has 2 heteroatoms. The van der Waals surface area contributed by atoms with Gasteiger partial charge in [0, 0.05) is 12.6 Å². The first-order chi connectivity index (χ1) is 6.24. The molecule has 1 atom stereocenters. The van der Waals surface area contributed by atoms with Gasteiger partial charge in [0.05, 0.1) is 6.61 Å². The summed E-state index contributed by atoms with van der Waals surface area (Å²) in [4.78, 5) is 2.53. The topological polar surface area (TPSA) is 23.5 Å². The van der Waals surface area contributed by atoms with E-state index in [9.17, 15) is 0 Å². The van der Waals surface area contributed by atoms with Gasteiger partial charge >= 0.3 is 0 Å². The minimum atomic E-state index is 0.181. The Kier molecular flexibility index (Phi) is 4.46. The molecule has 1 aliphatic rings. The number of aliphatic hydroxyl groups excluding tert-OH is 1. The van der Waals surface area contributed by atoms with Gasteiger partial charge in [-0.25, -0.2) is 0 Å². The molecular formula is C11H21NO. The minimum Gasteiger partial charge on any atom is -0.392 e. The second-order valence-corrected chi connectivity index (χ2v) is 4.13. The van der Waals surface area contributed by atoms with Crippen LogP contribution in [0.5, 0.6) is 0 Å². The molecule has 1 aliphatic heterocycles. The van der Waals surface area contributed by atoms with Crippen molar-refractivity contribution in [1.82, 2.24) is 4.90 Å². The van der Waals surface area contributed by atoms with Crippen LogP contribution in [0.4, 0.5) is 0 Å². The van der Waals surface area contributed by atoms with E-state index in [1.807, 2.05) is 6.08 Å². The summed E-state index contributed by atoms with van der Waals surface area (Å²) in [7, 11) is 0. The largest absolute Gasteiger partial charge is 0.392 e. The summed E-state index contributed by atoms with van der Waals surface area (Å²) in [5, 5.41) is 8.58. The van der Waals surface area contributed by atoms with Gasteiger partial charge in [0.25, 0.3) is 0 Å². The molecule has 13 heavy (non-hydrogen) atoms. The summed E-state index contributed by atoms with van der Waals surface area (Å²) in [6, 6.07) is 0.687. The highest BCUT2D eigenvalue weighted by Crippen LogP contribution is 2.21. The highest BCUT2D eigenvalue weighted by Gasteiger charge is 2.22. The van der Waals surface area contributed by atoms with Crippen LogP contribution < -0.4 is 0 Å². The van der Waals surface area contributed by atoms with Crippen molar-refractivity contribution in [2.45, 2.75) is 32.7 Å². The van der Waals surface area contributed by atoms with Crippen LogP contribution in [-0.2, 0) is 0 Å². The second-order valence-electron chi connectivity index (χ2n) is 4.13. The van der Waals surface area contributed by atoms with E-state index in [4.69, 9.17) is 5.11 Å². The Morgan fingerprint density at radius 3 is 2.77 bits per heavy atom. The summed E-state index contributed by atoms with van der Waals surface area (Å²) >= 11 is 0. The summed E-state index contributed by atoms with van der Waals surface area (Å²) in [6.07, 6.45) is 6.39. The van der Waals surface area contributed by atoms with Gasteiger partial charge in [-0.2, -0.15) is 0 Å². The van der Waals surface area contributed by atoms with Crippen molar-refractivity contribution in [1.29, 1.82) is 0 Å². The molecule has 1 unspecified atom stereocenters. The number of aliphatic hydroxyl groups is 1. The first kappa shape index (κ1) is 10.7. The van der Waals surface area contributed by atoms with Crippen LogP contribution in [0.2, 0.25) is 0 Å². The van der Waals surface area contributed by atoms with E-state index in [1.165, 1.54) is 19.5 Å². The van der Waals surface area contributed by atoms with Crippen LogP contribution >= 0.6 is 0 Å². The standard InChI is InChI=1S/C11H21NO/c1-10(2)12-7-6-11(9-12)5-3-4-8-13/h3-4,10-11,13H,5-9H2,1-2H3/b4-3-. The maximum atomic E-state index is 8.58. The predicted molar refractivity (Wildman–Crippen MR) is 55.7 cm³/mol. The number of likely N-dealkylation sites (tertiary alicyclic amines) is 1. The normalized spacial score (nSPS) is 25.1. The van der Waals surface area contributed by atoms with Gasteiger partial charge in [0.2, 0.25) is 0 Å². The Morgan fingerprint density at radius 2 is 2.23 bits per heavy atom. The van der Waals surface area contributed by atoms with Crippen LogP contribution in [0.25, 0.3) is 0 Å². The number of rotatable bonds is 4. The molecule has 1 saturated heterocycles. The van der Waals surface area contributed by atoms with E-state index in [1.54, 1.807) is 0 Å². The van der Waals surface area contributed by atoms with Crippen LogP contribution in [0.3, 0.4) is 0 Å². The Balaban J connectivity index is 2.21. The van der Waals surface area contributed by atoms with Gasteiger partial charge < -0.3 is 10.0 Å². The Bertz CT molecular complexity index is 165. The van der Waals surface area contributed by atoms with Crippen LogP contribution in [0.1, 0.15) is 26.7 Å². The zero-order valence-corrected chi connectivity index (χ0v) is 8.74. The summed E-state index contributed by atoms with van der Waals surface area (Å²) in [5.41, 5.74) is 0. The van der Waals surface area contributed by atoms with Crippen molar-refractivity contribution in [2.75, 3.05) is 19.7 Å². The fourth-order valence-corrected chi connectivity index (χ4v) is 1.89. The van der Waals surface area contributed by atoms with Crippen molar-refractivity contribution in [2.24, 2.45) is 5.92 Å². The zero-order valence-electron chi connectivity index (χ0n) is 8.74. The van der Waals surface area contributed by atoms with E-state index in [0.29, 0.717) is 6.04 Å². The second kappa shape index (κ2) is 5.40. The summed E-state index contributed by atoms with van der Waals surface area (Å²) in [5.74, 6) is 0.810. The van der Waals surface area contributed by atoms with Crippen molar-refractivity contribution in [3.8, 4) is 0 Å². The predicted octanol–water partition coefficient (Wildman–Crippen LogP) is 1.66. The van der Waals surface area contributed by atoms with Gasteiger partial charge in [-0.1, -0.05) is 12.2 Å². The molecule has 0 spiro atoms. The number of allylic oxidation sites excluding steroid dienone is 1. The molecule has 0 aromatic heterocycles. The highest BCUT2D eigenvalue weighted by molar-refractivity contribution is 4.87. The van der Waals surface area contributed by atoms with Gasteiger partial charge in [-0.15, -0.1) is 0 Å². The molecule has 0 bridgehead atoms. The number of hydrogen-bond donors (Lipinski definition) is 1. The van der Waals surface area contributed by atoms with Gasteiger partial charge in [-0.3, -0.25) is 0 Å². The average molecular weight is 183 g/mol. The maximum Gasteiger partial charge on any atom is 0.0612 e. The lowest BCUT2D eigenvalue weighted by molar-refractivity contribution is 0.265. The molecule has 0 radical (unpaired) electrons. The molecule has 0 aromatic carbocycles. The van der Waals surface area contributed by atoms with Crippen molar-refractivity contribution in [3.63, 3.8) is 0 Å². The lowest BCUT2D eigenvalue weighted by atomic mass is 10.1. The van der Waals surface area contributed by atoms with Crippen molar-refractivity contribution >= 4 is 0 Å². The molecule has 1 rings (SSSR count). The molecule has 0 aliphatic carbocycles.